The van der Waals surface area contributed by atoms with Gasteiger partial charge in [-0.2, -0.15) is 0 Å². The molecular formula is C13H24N2O2. The van der Waals surface area contributed by atoms with E-state index < -0.39 is 0 Å². The molecule has 17 heavy (non-hydrogen) atoms. The van der Waals surface area contributed by atoms with Crippen molar-refractivity contribution in [1.82, 2.24) is 10.2 Å². The maximum absolute atomic E-state index is 12.0. The van der Waals surface area contributed by atoms with Crippen LogP contribution in [0.15, 0.2) is 0 Å². The summed E-state index contributed by atoms with van der Waals surface area (Å²) < 4.78 is 5.55. The lowest BCUT2D eigenvalue weighted by molar-refractivity contribution is -0.140. The van der Waals surface area contributed by atoms with E-state index in [4.69, 9.17) is 4.74 Å². The molecule has 0 spiro atoms. The molecule has 4 nitrogen and oxygen atoms in total. The van der Waals surface area contributed by atoms with Crippen LogP contribution in [0.2, 0.25) is 0 Å². The molecule has 0 unspecified atom stereocenters. The quantitative estimate of drug-likeness (QED) is 0.783. The predicted molar refractivity (Wildman–Crippen MR) is 66.8 cm³/mol. The normalized spacial score (nSPS) is 29.2. The second-order valence-electron chi connectivity index (χ2n) is 6.16. The molecule has 2 aliphatic rings. The minimum absolute atomic E-state index is 0.135. The van der Waals surface area contributed by atoms with Gasteiger partial charge in [-0.05, 0) is 46.1 Å². The second kappa shape index (κ2) is 4.94. The van der Waals surface area contributed by atoms with Crippen molar-refractivity contribution in [3.8, 4) is 0 Å². The molecule has 0 aromatic rings. The van der Waals surface area contributed by atoms with E-state index in [1.807, 2.05) is 25.7 Å². The van der Waals surface area contributed by atoms with Crippen LogP contribution >= 0.6 is 0 Å². The summed E-state index contributed by atoms with van der Waals surface area (Å²) in [5, 5.41) is 3.50. The first-order valence-electron chi connectivity index (χ1n) is 6.61. The van der Waals surface area contributed by atoms with Crippen molar-refractivity contribution in [2.75, 3.05) is 26.2 Å². The first kappa shape index (κ1) is 12.8. The number of piperidine rings is 1. The zero-order valence-electron chi connectivity index (χ0n) is 11.2. The van der Waals surface area contributed by atoms with Crippen LogP contribution in [0, 0.1) is 5.92 Å². The second-order valence-corrected chi connectivity index (χ2v) is 6.16. The standard InChI is InChI=1S/C13H24N2O2/c1-13(2,3)17-9-12(16)15-7-10-5-4-6-14-11(10)8-15/h10-11,14H,4-9H2,1-3H3/t10-,11+/m0/s1. The lowest BCUT2D eigenvalue weighted by atomic mass is 9.94. The van der Waals surface area contributed by atoms with Gasteiger partial charge in [0.15, 0.2) is 0 Å². The Bertz CT molecular complexity index is 272. The number of nitrogens with zero attached hydrogens (tertiary/aromatic N) is 1. The van der Waals surface area contributed by atoms with E-state index in [0.717, 1.165) is 19.6 Å². The van der Waals surface area contributed by atoms with Gasteiger partial charge in [0.1, 0.15) is 6.61 Å². The van der Waals surface area contributed by atoms with Crippen LogP contribution in [0.4, 0.5) is 0 Å². The maximum atomic E-state index is 12.0. The topological polar surface area (TPSA) is 41.6 Å². The van der Waals surface area contributed by atoms with E-state index in [-0.39, 0.29) is 18.1 Å². The molecule has 1 amide bonds. The largest absolute Gasteiger partial charge is 0.366 e. The van der Waals surface area contributed by atoms with Crippen LogP contribution in [0.1, 0.15) is 33.6 Å². The summed E-state index contributed by atoms with van der Waals surface area (Å²) in [7, 11) is 0. The van der Waals surface area contributed by atoms with Gasteiger partial charge in [-0.3, -0.25) is 4.79 Å². The van der Waals surface area contributed by atoms with Gasteiger partial charge in [0.25, 0.3) is 0 Å². The SMILES string of the molecule is CC(C)(C)OCC(=O)N1C[C@@H]2CCCN[C@@H]2C1. The predicted octanol–water partition coefficient (Wildman–Crippen LogP) is 1.01. The molecule has 1 N–H and O–H groups in total. The van der Waals surface area contributed by atoms with Gasteiger partial charge >= 0.3 is 0 Å². The Balaban J connectivity index is 1.81. The van der Waals surface area contributed by atoms with E-state index in [9.17, 15) is 4.79 Å². The van der Waals surface area contributed by atoms with Crippen LogP contribution in [0.5, 0.6) is 0 Å². The number of carbonyl (C=O) groups is 1. The molecule has 2 aliphatic heterocycles. The summed E-state index contributed by atoms with van der Waals surface area (Å²) in [6.07, 6.45) is 2.49. The first-order chi connectivity index (χ1) is 7.96. The molecule has 0 bridgehead atoms. The lowest BCUT2D eigenvalue weighted by Gasteiger charge is -2.24. The fraction of sp³-hybridized carbons (Fsp3) is 0.923. The van der Waals surface area contributed by atoms with Gasteiger partial charge in [0, 0.05) is 19.1 Å². The molecule has 4 heteroatoms. The van der Waals surface area contributed by atoms with Crippen LogP contribution in [-0.4, -0.2) is 48.7 Å². The Morgan fingerprint density at radius 3 is 2.82 bits per heavy atom. The molecule has 98 valence electrons. The first-order valence-corrected chi connectivity index (χ1v) is 6.61. The van der Waals surface area contributed by atoms with Crippen LogP contribution in [0.25, 0.3) is 0 Å². The fourth-order valence-electron chi connectivity index (χ4n) is 2.62. The number of likely N-dealkylation sites (tertiary alicyclic amines) is 1. The summed E-state index contributed by atoms with van der Waals surface area (Å²) in [6, 6.07) is 0.516. The Morgan fingerprint density at radius 1 is 1.41 bits per heavy atom. The molecule has 2 atom stereocenters. The number of ether oxygens (including phenoxy) is 1. The maximum Gasteiger partial charge on any atom is 0.248 e. The van der Waals surface area contributed by atoms with E-state index in [0.29, 0.717) is 12.0 Å². The molecule has 2 heterocycles. The molecule has 0 saturated carbocycles. The van der Waals surface area contributed by atoms with Gasteiger partial charge in [-0.15, -0.1) is 0 Å². The number of amides is 1. The van der Waals surface area contributed by atoms with Crippen LogP contribution < -0.4 is 5.32 Å². The van der Waals surface area contributed by atoms with E-state index in [1.165, 1.54) is 12.8 Å². The highest BCUT2D eigenvalue weighted by atomic mass is 16.5. The van der Waals surface area contributed by atoms with Gasteiger partial charge < -0.3 is 15.0 Å². The van der Waals surface area contributed by atoms with Gasteiger partial charge in [0.2, 0.25) is 5.91 Å². The zero-order valence-corrected chi connectivity index (χ0v) is 11.2. The van der Waals surface area contributed by atoms with Crippen LogP contribution in [0.3, 0.4) is 0 Å². The Labute approximate surface area is 104 Å². The summed E-state index contributed by atoms with van der Waals surface area (Å²) >= 11 is 0. The van der Waals surface area contributed by atoms with Crippen molar-refractivity contribution in [2.45, 2.75) is 45.3 Å². The van der Waals surface area contributed by atoms with Gasteiger partial charge in [-0.1, -0.05) is 0 Å². The molecule has 2 saturated heterocycles. The number of carbonyl (C=O) groups excluding carboxylic acids is 1. The van der Waals surface area contributed by atoms with Crippen molar-refractivity contribution < 1.29 is 9.53 Å². The third-order valence-corrected chi connectivity index (χ3v) is 3.58. The summed E-state index contributed by atoms with van der Waals surface area (Å²) in [6.45, 7) is 9.01. The van der Waals surface area contributed by atoms with Gasteiger partial charge in [-0.25, -0.2) is 0 Å². The number of nitrogens with one attached hydrogen (secondary N) is 1. The fourth-order valence-corrected chi connectivity index (χ4v) is 2.62. The van der Waals surface area contributed by atoms with Gasteiger partial charge in [0.05, 0.1) is 5.60 Å². The molecule has 0 aliphatic carbocycles. The minimum Gasteiger partial charge on any atom is -0.366 e. The van der Waals surface area contributed by atoms with Crippen molar-refractivity contribution in [3.63, 3.8) is 0 Å². The average Bonchev–Trinajstić information content (AvgIpc) is 2.68. The third kappa shape index (κ3) is 3.42. The number of fused-ring (bicyclic) bond motifs is 1. The van der Waals surface area contributed by atoms with Crippen molar-refractivity contribution in [1.29, 1.82) is 0 Å². The Hall–Kier alpha value is -0.610. The number of rotatable bonds is 2. The van der Waals surface area contributed by atoms with Crippen molar-refractivity contribution in [2.24, 2.45) is 5.92 Å². The average molecular weight is 240 g/mol. The molecule has 0 aromatic carbocycles. The van der Waals surface area contributed by atoms with E-state index in [1.54, 1.807) is 0 Å². The van der Waals surface area contributed by atoms with E-state index in [2.05, 4.69) is 5.32 Å². The van der Waals surface area contributed by atoms with E-state index >= 15 is 0 Å². The monoisotopic (exact) mass is 240 g/mol. The summed E-state index contributed by atoms with van der Waals surface area (Å²) in [5.74, 6) is 0.790. The molecule has 2 fully saturated rings. The van der Waals surface area contributed by atoms with Crippen molar-refractivity contribution >= 4 is 5.91 Å². The minimum atomic E-state index is -0.236. The number of hydrogen-bond donors (Lipinski definition) is 1. The zero-order chi connectivity index (χ0) is 12.5. The van der Waals surface area contributed by atoms with Crippen molar-refractivity contribution in [3.05, 3.63) is 0 Å². The lowest BCUT2D eigenvalue weighted by Crippen LogP contribution is -2.41. The highest BCUT2D eigenvalue weighted by molar-refractivity contribution is 5.77. The highest BCUT2D eigenvalue weighted by Gasteiger charge is 2.36. The molecule has 2 rings (SSSR count). The highest BCUT2D eigenvalue weighted by Crippen LogP contribution is 2.25. The van der Waals surface area contributed by atoms with Crippen LogP contribution in [-0.2, 0) is 9.53 Å². The molecular weight excluding hydrogens is 216 g/mol. The Kier molecular flexibility index (Phi) is 3.73. The number of hydrogen-bond acceptors (Lipinski definition) is 3. The third-order valence-electron chi connectivity index (χ3n) is 3.58. The summed E-state index contributed by atoms with van der Waals surface area (Å²) in [4.78, 5) is 14.0. The molecule has 0 aromatic heterocycles. The smallest absolute Gasteiger partial charge is 0.248 e. The summed E-state index contributed by atoms with van der Waals surface area (Å²) in [5.41, 5.74) is -0.236. The Morgan fingerprint density at radius 2 is 2.18 bits per heavy atom. The molecule has 0 radical (unpaired) electrons.